The van der Waals surface area contributed by atoms with Crippen LogP contribution in [0.25, 0.3) is 0 Å². The molecule has 0 atom stereocenters. The molecular weight excluding hydrogens is 390 g/mol. The van der Waals surface area contributed by atoms with Crippen LogP contribution in [-0.4, -0.2) is 31.4 Å². The fraction of sp³-hybridized carbons (Fsp3) is 0.188. The number of nitrogens with one attached hydrogen (secondary N) is 1. The summed E-state index contributed by atoms with van der Waals surface area (Å²) in [6.45, 7) is -0.752. The third-order valence-electron chi connectivity index (χ3n) is 3.30. The SMILES string of the molecule is CS(=O)(=O)N(CC(=O)Nc1cc(Cl)ccc1Cl)Cc1ccccc1F. The van der Waals surface area contributed by atoms with Crippen LogP contribution in [0.2, 0.25) is 10.0 Å². The Morgan fingerprint density at radius 3 is 2.52 bits per heavy atom. The molecule has 0 saturated heterocycles. The number of nitrogens with zero attached hydrogens (tertiary/aromatic N) is 1. The number of hydrogen-bond donors (Lipinski definition) is 1. The molecular formula is C16H15Cl2FN2O3S. The number of amides is 1. The van der Waals surface area contributed by atoms with Gasteiger partial charge in [0.05, 0.1) is 23.5 Å². The van der Waals surface area contributed by atoms with Crippen LogP contribution < -0.4 is 5.32 Å². The number of sulfonamides is 1. The normalized spacial score (nSPS) is 11.6. The van der Waals surface area contributed by atoms with Crippen LogP contribution in [-0.2, 0) is 21.4 Å². The molecule has 134 valence electrons. The molecule has 1 N–H and O–H groups in total. The van der Waals surface area contributed by atoms with Gasteiger partial charge in [0, 0.05) is 17.1 Å². The molecule has 0 aliphatic heterocycles. The van der Waals surface area contributed by atoms with Crippen molar-refractivity contribution in [3.05, 3.63) is 63.9 Å². The van der Waals surface area contributed by atoms with Gasteiger partial charge in [-0.1, -0.05) is 41.4 Å². The highest BCUT2D eigenvalue weighted by Gasteiger charge is 2.22. The van der Waals surface area contributed by atoms with Crippen molar-refractivity contribution in [3.63, 3.8) is 0 Å². The molecule has 2 aromatic rings. The first-order valence-electron chi connectivity index (χ1n) is 7.10. The Morgan fingerprint density at radius 2 is 1.88 bits per heavy atom. The van der Waals surface area contributed by atoms with Crippen LogP contribution in [0.3, 0.4) is 0 Å². The number of hydrogen-bond acceptors (Lipinski definition) is 3. The highest BCUT2D eigenvalue weighted by Crippen LogP contribution is 2.25. The first-order chi connectivity index (χ1) is 11.7. The Bertz CT molecular complexity index is 891. The summed E-state index contributed by atoms with van der Waals surface area (Å²) in [5.74, 6) is -1.17. The maximum absolute atomic E-state index is 13.8. The lowest BCUT2D eigenvalue weighted by Gasteiger charge is -2.20. The van der Waals surface area contributed by atoms with Gasteiger partial charge in [0.15, 0.2) is 0 Å². The van der Waals surface area contributed by atoms with Crippen molar-refractivity contribution in [1.82, 2.24) is 4.31 Å². The van der Waals surface area contributed by atoms with Crippen LogP contribution in [0.4, 0.5) is 10.1 Å². The van der Waals surface area contributed by atoms with E-state index >= 15 is 0 Å². The van der Waals surface area contributed by atoms with Gasteiger partial charge in [-0.05, 0) is 24.3 Å². The minimum Gasteiger partial charge on any atom is -0.324 e. The van der Waals surface area contributed by atoms with Gasteiger partial charge in [0.2, 0.25) is 15.9 Å². The Labute approximate surface area is 155 Å². The average Bonchev–Trinajstić information content (AvgIpc) is 2.51. The van der Waals surface area contributed by atoms with Crippen molar-refractivity contribution in [2.45, 2.75) is 6.54 Å². The number of halogens is 3. The molecule has 2 aromatic carbocycles. The number of carbonyl (C=O) groups is 1. The first-order valence-corrected chi connectivity index (χ1v) is 9.70. The molecule has 0 aromatic heterocycles. The fourth-order valence-corrected chi connectivity index (χ4v) is 3.11. The Morgan fingerprint density at radius 1 is 1.20 bits per heavy atom. The topological polar surface area (TPSA) is 66.5 Å². The van der Waals surface area contributed by atoms with Crippen molar-refractivity contribution >= 4 is 44.8 Å². The van der Waals surface area contributed by atoms with E-state index in [4.69, 9.17) is 23.2 Å². The van der Waals surface area contributed by atoms with Gasteiger partial charge in [-0.15, -0.1) is 0 Å². The monoisotopic (exact) mass is 404 g/mol. The lowest BCUT2D eigenvalue weighted by molar-refractivity contribution is -0.116. The molecule has 0 aliphatic carbocycles. The zero-order valence-corrected chi connectivity index (χ0v) is 15.5. The van der Waals surface area contributed by atoms with E-state index in [1.165, 1.54) is 30.3 Å². The number of rotatable bonds is 6. The van der Waals surface area contributed by atoms with Crippen molar-refractivity contribution in [3.8, 4) is 0 Å². The molecule has 0 unspecified atom stereocenters. The number of benzene rings is 2. The van der Waals surface area contributed by atoms with E-state index in [9.17, 15) is 17.6 Å². The second-order valence-corrected chi connectivity index (χ2v) is 8.12. The van der Waals surface area contributed by atoms with Crippen LogP contribution >= 0.6 is 23.2 Å². The zero-order valence-electron chi connectivity index (χ0n) is 13.2. The minimum absolute atomic E-state index is 0.168. The summed E-state index contributed by atoms with van der Waals surface area (Å²) >= 11 is 11.8. The minimum atomic E-state index is -3.74. The van der Waals surface area contributed by atoms with Gasteiger partial charge in [0.25, 0.3) is 0 Å². The van der Waals surface area contributed by atoms with Crippen molar-refractivity contribution in [1.29, 1.82) is 0 Å². The zero-order chi connectivity index (χ0) is 18.6. The van der Waals surface area contributed by atoms with Crippen molar-refractivity contribution in [2.24, 2.45) is 0 Å². The molecule has 2 rings (SSSR count). The summed E-state index contributed by atoms with van der Waals surface area (Å²) in [6, 6.07) is 10.3. The predicted octanol–water partition coefficient (Wildman–Crippen LogP) is 3.53. The predicted molar refractivity (Wildman–Crippen MR) is 96.7 cm³/mol. The lowest BCUT2D eigenvalue weighted by atomic mass is 10.2. The van der Waals surface area contributed by atoms with E-state index in [0.717, 1.165) is 10.6 Å². The summed E-state index contributed by atoms with van der Waals surface area (Å²) in [4.78, 5) is 12.2. The highest BCUT2D eigenvalue weighted by molar-refractivity contribution is 7.88. The number of anilines is 1. The van der Waals surface area contributed by atoms with Crippen LogP contribution in [0.15, 0.2) is 42.5 Å². The van der Waals surface area contributed by atoms with Gasteiger partial charge in [0.1, 0.15) is 5.82 Å². The third kappa shape index (κ3) is 5.67. The fourth-order valence-electron chi connectivity index (χ4n) is 2.05. The maximum atomic E-state index is 13.8. The molecule has 25 heavy (non-hydrogen) atoms. The third-order valence-corrected chi connectivity index (χ3v) is 5.06. The summed E-state index contributed by atoms with van der Waals surface area (Å²) < 4.78 is 38.5. The molecule has 9 heteroatoms. The first kappa shape index (κ1) is 19.7. The summed E-state index contributed by atoms with van der Waals surface area (Å²) in [5, 5.41) is 3.13. The van der Waals surface area contributed by atoms with E-state index in [-0.39, 0.29) is 22.8 Å². The standard InChI is InChI=1S/C16H15Cl2FN2O3S/c1-25(23,24)21(9-11-4-2-3-5-14(11)19)10-16(22)20-15-8-12(17)6-7-13(15)18/h2-8H,9-10H2,1H3,(H,20,22). The molecule has 0 aliphatic rings. The van der Waals surface area contributed by atoms with Gasteiger partial charge < -0.3 is 5.32 Å². The van der Waals surface area contributed by atoms with Gasteiger partial charge in [-0.3, -0.25) is 4.79 Å². The largest absolute Gasteiger partial charge is 0.324 e. The Hall–Kier alpha value is -1.67. The van der Waals surface area contributed by atoms with Crippen molar-refractivity contribution < 1.29 is 17.6 Å². The molecule has 1 amide bonds. The van der Waals surface area contributed by atoms with E-state index < -0.39 is 28.3 Å². The van der Waals surface area contributed by atoms with Crippen LogP contribution in [0.5, 0.6) is 0 Å². The second kappa shape index (κ2) is 8.14. The molecule has 0 spiro atoms. The lowest BCUT2D eigenvalue weighted by Crippen LogP contribution is -2.37. The summed E-state index contributed by atoms with van der Waals surface area (Å²) in [7, 11) is -3.74. The van der Waals surface area contributed by atoms with Gasteiger partial charge in [-0.2, -0.15) is 4.31 Å². The molecule has 0 radical (unpaired) electrons. The Kier molecular flexibility index (Phi) is 6.40. The van der Waals surface area contributed by atoms with E-state index in [1.807, 2.05) is 0 Å². The summed E-state index contributed by atoms with van der Waals surface area (Å²) in [5.41, 5.74) is 0.431. The van der Waals surface area contributed by atoms with E-state index in [2.05, 4.69) is 5.32 Å². The molecule has 5 nitrogen and oxygen atoms in total. The number of carbonyl (C=O) groups excluding carboxylic acids is 1. The summed E-state index contributed by atoms with van der Waals surface area (Å²) in [6.07, 6.45) is 0.952. The molecule has 0 fully saturated rings. The average molecular weight is 405 g/mol. The molecule has 0 heterocycles. The Balaban J connectivity index is 2.16. The smallest absolute Gasteiger partial charge is 0.239 e. The van der Waals surface area contributed by atoms with Gasteiger partial charge in [-0.25, -0.2) is 12.8 Å². The van der Waals surface area contributed by atoms with Crippen LogP contribution in [0, 0.1) is 5.82 Å². The quantitative estimate of drug-likeness (QED) is 0.800. The van der Waals surface area contributed by atoms with Crippen LogP contribution in [0.1, 0.15) is 5.56 Å². The second-order valence-electron chi connectivity index (χ2n) is 5.29. The van der Waals surface area contributed by atoms with Gasteiger partial charge >= 0.3 is 0 Å². The highest BCUT2D eigenvalue weighted by atomic mass is 35.5. The molecule has 0 bridgehead atoms. The van der Waals surface area contributed by atoms with Crippen molar-refractivity contribution in [2.75, 3.05) is 18.1 Å². The van der Waals surface area contributed by atoms with E-state index in [0.29, 0.717) is 5.02 Å². The maximum Gasteiger partial charge on any atom is 0.239 e. The van der Waals surface area contributed by atoms with E-state index in [1.54, 1.807) is 12.1 Å². The molecule has 0 saturated carbocycles.